The Hall–Kier alpha value is -3.28. The van der Waals surface area contributed by atoms with Crippen molar-refractivity contribution in [1.29, 1.82) is 0 Å². The molecular weight excluding hydrogens is 376 g/mol. The van der Waals surface area contributed by atoms with E-state index in [4.69, 9.17) is 18.9 Å². The van der Waals surface area contributed by atoms with E-state index >= 15 is 0 Å². The highest BCUT2D eigenvalue weighted by Gasteiger charge is 2.51. The minimum atomic E-state index is -1.11. The molecule has 28 heavy (non-hydrogen) atoms. The molecule has 0 aromatic carbocycles. The van der Waals surface area contributed by atoms with Crippen molar-refractivity contribution >= 4 is 29.1 Å². The highest BCUT2D eigenvalue weighted by Crippen LogP contribution is 2.35. The highest BCUT2D eigenvalue weighted by molar-refractivity contribution is 5.70. The molecule has 1 saturated heterocycles. The second-order valence-electron chi connectivity index (χ2n) is 6.07. The lowest BCUT2D eigenvalue weighted by Crippen LogP contribution is -2.40. The number of aromatic nitrogens is 4. The molecule has 1 aliphatic rings. The summed E-state index contributed by atoms with van der Waals surface area (Å²) in [6, 6.07) is 0. The maximum atomic E-state index is 12.2. The van der Waals surface area contributed by atoms with Crippen LogP contribution in [0.25, 0.3) is 11.2 Å². The first kappa shape index (κ1) is 19.5. The summed E-state index contributed by atoms with van der Waals surface area (Å²) >= 11 is 0. The molecule has 1 N–H and O–H groups in total. The Morgan fingerprint density at radius 1 is 1.11 bits per heavy atom. The summed E-state index contributed by atoms with van der Waals surface area (Å²) in [5, 5.41) is 0. The summed E-state index contributed by atoms with van der Waals surface area (Å²) in [5.74, 6) is -1.86. The van der Waals surface area contributed by atoms with Gasteiger partial charge in [-0.2, -0.15) is 0 Å². The Labute approximate surface area is 157 Å². The minimum absolute atomic E-state index is 0.0827. The summed E-state index contributed by atoms with van der Waals surface area (Å²) in [7, 11) is 0. The van der Waals surface area contributed by atoms with E-state index in [1.54, 1.807) is 0 Å². The van der Waals surface area contributed by atoms with E-state index in [0.717, 1.165) is 0 Å². The largest absolute Gasteiger partial charge is 0.463 e. The highest BCUT2D eigenvalue weighted by atomic mass is 16.7. The smallest absolute Gasteiger partial charge is 0.303 e. The number of nitrogens with zero attached hydrogens (tertiary/aromatic N) is 3. The SMILES string of the molecule is CC(=O)OC[C@H]1O[C@H](n2cnc3nc[nH]c(=O)c32)[C@@H](OC(C)=O)[C@@H]1OC(C)=O. The first-order valence-electron chi connectivity index (χ1n) is 8.31. The molecule has 0 amide bonds. The van der Waals surface area contributed by atoms with Gasteiger partial charge in [0, 0.05) is 20.8 Å². The fraction of sp³-hybridized carbons (Fsp3) is 0.500. The zero-order chi connectivity index (χ0) is 20.4. The van der Waals surface area contributed by atoms with E-state index in [1.165, 1.54) is 38.0 Å². The van der Waals surface area contributed by atoms with Gasteiger partial charge >= 0.3 is 17.9 Å². The third-order valence-electron chi connectivity index (χ3n) is 3.99. The lowest BCUT2D eigenvalue weighted by molar-refractivity contribution is -0.166. The first-order valence-corrected chi connectivity index (χ1v) is 8.31. The average molecular weight is 394 g/mol. The van der Waals surface area contributed by atoms with Gasteiger partial charge < -0.3 is 23.9 Å². The number of imidazole rings is 1. The second kappa shape index (κ2) is 7.76. The molecule has 2 aromatic heterocycles. The van der Waals surface area contributed by atoms with Gasteiger partial charge in [-0.05, 0) is 0 Å². The summed E-state index contributed by atoms with van der Waals surface area (Å²) in [6.45, 7) is 3.33. The number of hydrogen-bond acceptors (Lipinski definition) is 10. The van der Waals surface area contributed by atoms with Crippen LogP contribution in [0, 0.1) is 0 Å². The van der Waals surface area contributed by atoms with E-state index in [2.05, 4.69) is 15.0 Å². The quantitative estimate of drug-likeness (QED) is 0.516. The Morgan fingerprint density at radius 3 is 2.43 bits per heavy atom. The summed E-state index contributed by atoms with van der Waals surface area (Å²) in [4.78, 5) is 57.0. The first-order chi connectivity index (χ1) is 13.3. The van der Waals surface area contributed by atoms with Crippen LogP contribution in [0.3, 0.4) is 0 Å². The van der Waals surface area contributed by atoms with Crippen molar-refractivity contribution in [2.75, 3.05) is 6.61 Å². The molecule has 2 aromatic rings. The number of nitrogens with one attached hydrogen (secondary N) is 1. The second-order valence-corrected chi connectivity index (χ2v) is 6.07. The molecule has 12 heteroatoms. The van der Waals surface area contributed by atoms with E-state index in [0.29, 0.717) is 0 Å². The van der Waals surface area contributed by atoms with E-state index < -0.39 is 48.0 Å². The lowest BCUT2D eigenvalue weighted by atomic mass is 10.1. The van der Waals surface area contributed by atoms with Crippen LogP contribution in [0.2, 0.25) is 0 Å². The normalized spacial score (nSPS) is 24.1. The molecule has 0 unspecified atom stereocenters. The van der Waals surface area contributed by atoms with Gasteiger partial charge in [-0.1, -0.05) is 0 Å². The van der Waals surface area contributed by atoms with Gasteiger partial charge in [0.25, 0.3) is 5.56 Å². The molecule has 0 spiro atoms. The fourth-order valence-electron chi connectivity index (χ4n) is 2.99. The molecule has 1 aliphatic heterocycles. The van der Waals surface area contributed by atoms with Crippen LogP contribution in [-0.4, -0.2) is 62.3 Å². The van der Waals surface area contributed by atoms with Gasteiger partial charge in [0.05, 0.1) is 6.33 Å². The molecule has 0 saturated carbocycles. The maximum absolute atomic E-state index is 12.2. The molecule has 12 nitrogen and oxygen atoms in total. The molecular formula is C16H18N4O8. The monoisotopic (exact) mass is 394 g/mol. The van der Waals surface area contributed by atoms with E-state index in [-0.39, 0.29) is 17.8 Å². The Bertz CT molecular complexity index is 967. The minimum Gasteiger partial charge on any atom is -0.463 e. The summed E-state index contributed by atoms with van der Waals surface area (Å²) in [6.07, 6.45) is -1.68. The number of esters is 3. The number of aromatic amines is 1. The van der Waals surface area contributed by atoms with Crippen LogP contribution in [-0.2, 0) is 33.3 Å². The van der Waals surface area contributed by atoms with Crippen molar-refractivity contribution in [3.05, 3.63) is 23.0 Å². The van der Waals surface area contributed by atoms with Gasteiger partial charge in [0.1, 0.15) is 19.0 Å². The fourth-order valence-corrected chi connectivity index (χ4v) is 2.99. The zero-order valence-electron chi connectivity index (χ0n) is 15.3. The van der Waals surface area contributed by atoms with Gasteiger partial charge in [0.2, 0.25) is 0 Å². The maximum Gasteiger partial charge on any atom is 0.303 e. The number of rotatable bonds is 5. The van der Waals surface area contributed by atoms with Crippen molar-refractivity contribution < 1.29 is 33.3 Å². The van der Waals surface area contributed by atoms with Crippen molar-refractivity contribution in [2.45, 2.75) is 45.3 Å². The number of H-pyrrole nitrogens is 1. The number of fused-ring (bicyclic) bond motifs is 1. The summed E-state index contributed by atoms with van der Waals surface area (Å²) in [5.41, 5.74) is -0.249. The molecule has 0 bridgehead atoms. The van der Waals surface area contributed by atoms with Gasteiger partial charge in [-0.3, -0.25) is 23.7 Å². The van der Waals surface area contributed by atoms with Crippen molar-refractivity contribution in [1.82, 2.24) is 19.5 Å². The third kappa shape index (κ3) is 3.86. The number of ether oxygens (including phenoxy) is 4. The van der Waals surface area contributed by atoms with Crippen LogP contribution >= 0.6 is 0 Å². The number of carbonyl (C=O) groups excluding carboxylic acids is 3. The zero-order valence-corrected chi connectivity index (χ0v) is 15.3. The number of hydrogen-bond donors (Lipinski definition) is 1. The van der Waals surface area contributed by atoms with Crippen LogP contribution in [0.5, 0.6) is 0 Å². The van der Waals surface area contributed by atoms with Gasteiger partial charge in [0.15, 0.2) is 29.6 Å². The van der Waals surface area contributed by atoms with Crippen molar-refractivity contribution in [2.24, 2.45) is 0 Å². The van der Waals surface area contributed by atoms with Crippen LogP contribution < -0.4 is 5.56 Å². The Morgan fingerprint density at radius 2 is 1.79 bits per heavy atom. The van der Waals surface area contributed by atoms with E-state index in [1.807, 2.05) is 0 Å². The topological polar surface area (TPSA) is 152 Å². The predicted octanol–water partition coefficient (Wildman–Crippen LogP) is -0.556. The Kier molecular flexibility index (Phi) is 5.40. The standard InChI is InChI=1S/C16H18N4O8/c1-7(21)25-4-10-12(26-8(2)22)13(27-9(3)23)16(28-10)20-6-19-14-11(20)15(24)18-5-17-14/h5-6,10,12-13,16H,4H2,1-3H3,(H,17,18,24)/t10-,12-,13+,16+/m1/s1. The van der Waals surface area contributed by atoms with Gasteiger partial charge in [-0.15, -0.1) is 0 Å². The molecule has 0 radical (unpaired) electrons. The molecule has 150 valence electrons. The van der Waals surface area contributed by atoms with E-state index in [9.17, 15) is 19.2 Å². The van der Waals surface area contributed by atoms with Crippen LogP contribution in [0.4, 0.5) is 0 Å². The third-order valence-corrected chi connectivity index (χ3v) is 3.99. The molecule has 3 heterocycles. The van der Waals surface area contributed by atoms with Crippen LogP contribution in [0.15, 0.2) is 17.4 Å². The lowest BCUT2D eigenvalue weighted by Gasteiger charge is -2.23. The Balaban J connectivity index is 2.03. The van der Waals surface area contributed by atoms with Crippen LogP contribution in [0.1, 0.15) is 27.0 Å². The van der Waals surface area contributed by atoms with Crippen molar-refractivity contribution in [3.8, 4) is 0 Å². The predicted molar refractivity (Wildman–Crippen MR) is 89.8 cm³/mol. The summed E-state index contributed by atoms with van der Waals surface area (Å²) < 4.78 is 22.8. The van der Waals surface area contributed by atoms with Crippen molar-refractivity contribution in [3.63, 3.8) is 0 Å². The molecule has 1 fully saturated rings. The van der Waals surface area contributed by atoms with Gasteiger partial charge in [-0.25, -0.2) is 9.97 Å². The molecule has 4 atom stereocenters. The molecule has 3 rings (SSSR count). The number of carbonyl (C=O) groups is 3. The average Bonchev–Trinajstić information content (AvgIpc) is 3.16. The molecule has 0 aliphatic carbocycles.